The van der Waals surface area contributed by atoms with Crippen molar-refractivity contribution in [3.8, 4) is 0 Å². The summed E-state index contributed by atoms with van der Waals surface area (Å²) in [7, 11) is 0. The zero-order valence-corrected chi connectivity index (χ0v) is 9.10. The molecule has 2 aliphatic rings. The van der Waals surface area contributed by atoms with E-state index in [-0.39, 0.29) is 6.61 Å². The topological polar surface area (TPSA) is 25.2 Å². The highest BCUT2D eigenvalue weighted by Gasteiger charge is 2.39. The van der Waals surface area contributed by atoms with Gasteiger partial charge in [-0.3, -0.25) is 0 Å². The summed E-state index contributed by atoms with van der Waals surface area (Å²) in [4.78, 5) is 0. The van der Waals surface area contributed by atoms with Crippen LogP contribution >= 0.6 is 0 Å². The maximum absolute atomic E-state index is 9.19. The van der Waals surface area contributed by atoms with Gasteiger partial charge in [0.05, 0.1) is 6.61 Å². The highest BCUT2D eigenvalue weighted by atomic mass is 16.3. The van der Waals surface area contributed by atoms with Crippen LogP contribution in [0.3, 0.4) is 0 Å². The molecule has 15 heavy (non-hydrogen) atoms. The fraction of sp³-hybridized carbons (Fsp3) is 0.692. The molecule has 0 saturated heterocycles. The number of aliphatic hydroxyl groups is 1. The van der Waals surface area contributed by atoms with E-state index in [1.165, 1.54) is 25.7 Å². The van der Waals surface area contributed by atoms with E-state index in [0.29, 0.717) is 0 Å². The molecule has 1 aromatic rings. The molecule has 0 radical (unpaired) electrons. The van der Waals surface area contributed by atoms with Crippen molar-refractivity contribution in [2.45, 2.75) is 38.8 Å². The average Bonchev–Trinajstić information content (AvgIpc) is 2.92. The molecule has 2 aliphatic carbocycles. The van der Waals surface area contributed by atoms with Gasteiger partial charge in [0, 0.05) is 18.4 Å². The molecule has 0 amide bonds. The summed E-state index contributed by atoms with van der Waals surface area (Å²) in [6.45, 7) is 1.30. The van der Waals surface area contributed by atoms with Crippen LogP contribution in [-0.2, 0) is 13.2 Å². The lowest BCUT2D eigenvalue weighted by Gasteiger charge is -2.23. The average molecular weight is 205 g/mol. The van der Waals surface area contributed by atoms with E-state index in [1.807, 2.05) is 12.1 Å². The van der Waals surface area contributed by atoms with Crippen LogP contribution in [0.1, 0.15) is 31.4 Å². The predicted octanol–water partition coefficient (Wildman–Crippen LogP) is 2.42. The molecule has 2 bridgehead atoms. The van der Waals surface area contributed by atoms with Gasteiger partial charge in [-0.2, -0.15) is 0 Å². The minimum atomic E-state index is 0.174. The number of hydrogen-bond donors (Lipinski definition) is 1. The Bertz CT molecular complexity index is 344. The van der Waals surface area contributed by atoms with Crippen molar-refractivity contribution in [3.63, 3.8) is 0 Å². The monoisotopic (exact) mass is 205 g/mol. The molecule has 2 heteroatoms. The molecule has 1 aromatic heterocycles. The number of rotatable bonds is 3. The van der Waals surface area contributed by atoms with Crippen LogP contribution in [0.15, 0.2) is 18.3 Å². The molecule has 3 atom stereocenters. The van der Waals surface area contributed by atoms with E-state index in [1.54, 1.807) is 0 Å². The van der Waals surface area contributed by atoms with Crippen molar-refractivity contribution in [2.24, 2.45) is 17.8 Å². The molecule has 3 rings (SSSR count). The highest BCUT2D eigenvalue weighted by Crippen LogP contribution is 2.48. The van der Waals surface area contributed by atoms with Gasteiger partial charge in [-0.15, -0.1) is 0 Å². The molecular weight excluding hydrogens is 186 g/mol. The van der Waals surface area contributed by atoms with Crippen LogP contribution in [0.5, 0.6) is 0 Å². The van der Waals surface area contributed by atoms with E-state index in [4.69, 9.17) is 0 Å². The lowest BCUT2D eigenvalue weighted by atomic mass is 9.89. The van der Waals surface area contributed by atoms with Crippen molar-refractivity contribution < 1.29 is 5.11 Å². The molecule has 1 heterocycles. The molecule has 0 aromatic carbocycles. The lowest BCUT2D eigenvalue weighted by Crippen LogP contribution is -2.18. The Morgan fingerprint density at radius 2 is 2.27 bits per heavy atom. The van der Waals surface area contributed by atoms with Gasteiger partial charge in [-0.1, -0.05) is 6.42 Å². The Morgan fingerprint density at radius 3 is 2.93 bits per heavy atom. The first-order valence-electron chi connectivity index (χ1n) is 6.11. The first-order chi connectivity index (χ1) is 7.36. The van der Waals surface area contributed by atoms with E-state index in [0.717, 1.165) is 30.0 Å². The van der Waals surface area contributed by atoms with Crippen molar-refractivity contribution in [3.05, 3.63) is 24.0 Å². The SMILES string of the molecule is OCc1cccn1CC1CC2CCC1C2. The molecule has 0 spiro atoms. The molecular formula is C13H19NO. The second kappa shape index (κ2) is 3.67. The summed E-state index contributed by atoms with van der Waals surface area (Å²) in [6, 6.07) is 4.06. The normalized spacial score (nSPS) is 33.8. The van der Waals surface area contributed by atoms with Crippen LogP contribution in [0, 0.1) is 17.8 Å². The number of aliphatic hydroxyl groups excluding tert-OH is 1. The van der Waals surface area contributed by atoms with Gasteiger partial charge in [-0.05, 0) is 49.1 Å². The van der Waals surface area contributed by atoms with Crippen molar-refractivity contribution >= 4 is 0 Å². The fourth-order valence-electron chi connectivity index (χ4n) is 3.62. The Morgan fingerprint density at radius 1 is 1.33 bits per heavy atom. The standard InChI is InChI=1S/C13H19NO/c15-9-13-2-1-5-14(13)8-12-7-10-3-4-11(12)6-10/h1-2,5,10-12,15H,3-4,6-9H2. The van der Waals surface area contributed by atoms with Crippen LogP contribution in [-0.4, -0.2) is 9.67 Å². The van der Waals surface area contributed by atoms with Crippen molar-refractivity contribution in [1.29, 1.82) is 0 Å². The summed E-state index contributed by atoms with van der Waals surface area (Å²) in [5.74, 6) is 2.87. The summed E-state index contributed by atoms with van der Waals surface area (Å²) >= 11 is 0. The lowest BCUT2D eigenvalue weighted by molar-refractivity contribution is 0.254. The van der Waals surface area contributed by atoms with Gasteiger partial charge in [0.25, 0.3) is 0 Å². The van der Waals surface area contributed by atoms with E-state index in [2.05, 4.69) is 10.8 Å². The van der Waals surface area contributed by atoms with Gasteiger partial charge in [0.1, 0.15) is 0 Å². The maximum Gasteiger partial charge on any atom is 0.0832 e. The van der Waals surface area contributed by atoms with E-state index < -0.39 is 0 Å². The largest absolute Gasteiger partial charge is 0.390 e. The third kappa shape index (κ3) is 1.61. The molecule has 2 nitrogen and oxygen atoms in total. The Labute approximate surface area is 90.9 Å². The molecule has 82 valence electrons. The molecule has 1 N–H and O–H groups in total. The van der Waals surface area contributed by atoms with Crippen molar-refractivity contribution in [2.75, 3.05) is 0 Å². The van der Waals surface area contributed by atoms with Gasteiger partial charge < -0.3 is 9.67 Å². The third-order valence-electron chi connectivity index (χ3n) is 4.40. The van der Waals surface area contributed by atoms with Gasteiger partial charge in [0.15, 0.2) is 0 Å². The van der Waals surface area contributed by atoms with Gasteiger partial charge in [-0.25, -0.2) is 0 Å². The first kappa shape index (κ1) is 9.46. The smallest absolute Gasteiger partial charge is 0.0832 e. The van der Waals surface area contributed by atoms with Crippen LogP contribution in [0.2, 0.25) is 0 Å². The van der Waals surface area contributed by atoms with Gasteiger partial charge in [0.2, 0.25) is 0 Å². The first-order valence-corrected chi connectivity index (χ1v) is 6.11. The number of aromatic nitrogens is 1. The van der Waals surface area contributed by atoms with Gasteiger partial charge >= 0.3 is 0 Å². The minimum Gasteiger partial charge on any atom is -0.390 e. The molecule has 2 saturated carbocycles. The molecule has 0 aliphatic heterocycles. The minimum absolute atomic E-state index is 0.174. The Kier molecular flexibility index (Phi) is 2.32. The maximum atomic E-state index is 9.19. The number of fused-ring (bicyclic) bond motifs is 2. The second-order valence-corrected chi connectivity index (χ2v) is 5.24. The van der Waals surface area contributed by atoms with Crippen molar-refractivity contribution in [1.82, 2.24) is 4.57 Å². The fourth-order valence-corrected chi connectivity index (χ4v) is 3.62. The molecule has 3 unspecified atom stereocenters. The molecule has 2 fully saturated rings. The third-order valence-corrected chi connectivity index (χ3v) is 4.40. The van der Waals surface area contributed by atoms with E-state index in [9.17, 15) is 5.11 Å². The number of nitrogens with zero attached hydrogens (tertiary/aromatic N) is 1. The predicted molar refractivity (Wildman–Crippen MR) is 59.3 cm³/mol. The number of hydrogen-bond acceptors (Lipinski definition) is 1. The van der Waals surface area contributed by atoms with Crippen LogP contribution < -0.4 is 0 Å². The van der Waals surface area contributed by atoms with E-state index >= 15 is 0 Å². The van der Waals surface area contributed by atoms with Crippen LogP contribution in [0.25, 0.3) is 0 Å². The summed E-state index contributed by atoms with van der Waals surface area (Å²) in [5, 5.41) is 9.19. The van der Waals surface area contributed by atoms with Crippen LogP contribution in [0.4, 0.5) is 0 Å². The Balaban J connectivity index is 1.70. The zero-order valence-electron chi connectivity index (χ0n) is 9.10. The summed E-state index contributed by atoms with van der Waals surface area (Å²) < 4.78 is 2.24. The quantitative estimate of drug-likeness (QED) is 0.805. The Hall–Kier alpha value is -0.760. The highest BCUT2D eigenvalue weighted by molar-refractivity contribution is 5.06. The zero-order chi connectivity index (χ0) is 10.3. The summed E-state index contributed by atoms with van der Waals surface area (Å²) in [5.41, 5.74) is 1.07. The second-order valence-electron chi connectivity index (χ2n) is 5.24. The summed E-state index contributed by atoms with van der Waals surface area (Å²) in [6.07, 6.45) is 7.93.